The van der Waals surface area contributed by atoms with Gasteiger partial charge in [-0.3, -0.25) is 4.90 Å². The third kappa shape index (κ3) is 3.58. The SMILES string of the molecule is CCC(NC)c1ccccc1N1CCN(CC2CC2)CC1. The highest BCUT2D eigenvalue weighted by molar-refractivity contribution is 5.55. The van der Waals surface area contributed by atoms with Gasteiger partial charge < -0.3 is 10.2 Å². The first kappa shape index (κ1) is 14.9. The zero-order chi connectivity index (χ0) is 14.7. The smallest absolute Gasteiger partial charge is 0.0415 e. The normalized spacial score (nSPS) is 21.5. The van der Waals surface area contributed by atoms with E-state index >= 15 is 0 Å². The Morgan fingerprint density at radius 2 is 1.86 bits per heavy atom. The average molecular weight is 287 g/mol. The summed E-state index contributed by atoms with van der Waals surface area (Å²) in [6.07, 6.45) is 4.06. The summed E-state index contributed by atoms with van der Waals surface area (Å²) in [6, 6.07) is 9.40. The van der Waals surface area contributed by atoms with Crippen molar-refractivity contribution in [2.24, 2.45) is 5.92 Å². The summed E-state index contributed by atoms with van der Waals surface area (Å²) in [4.78, 5) is 5.24. The van der Waals surface area contributed by atoms with Crippen molar-refractivity contribution in [3.05, 3.63) is 29.8 Å². The van der Waals surface area contributed by atoms with Crippen LogP contribution in [0.25, 0.3) is 0 Å². The summed E-state index contributed by atoms with van der Waals surface area (Å²) < 4.78 is 0. The van der Waals surface area contributed by atoms with E-state index in [1.54, 1.807) is 0 Å². The Morgan fingerprint density at radius 3 is 2.48 bits per heavy atom. The second-order valence-corrected chi connectivity index (χ2v) is 6.54. The van der Waals surface area contributed by atoms with E-state index in [9.17, 15) is 0 Å². The lowest BCUT2D eigenvalue weighted by Crippen LogP contribution is -2.47. The van der Waals surface area contributed by atoms with Gasteiger partial charge in [-0.25, -0.2) is 0 Å². The van der Waals surface area contributed by atoms with E-state index in [1.807, 2.05) is 0 Å². The van der Waals surface area contributed by atoms with Crippen LogP contribution in [-0.2, 0) is 0 Å². The number of hydrogen-bond acceptors (Lipinski definition) is 3. The summed E-state index contributed by atoms with van der Waals surface area (Å²) in [7, 11) is 2.07. The largest absolute Gasteiger partial charge is 0.369 e. The zero-order valence-corrected chi connectivity index (χ0v) is 13.5. The van der Waals surface area contributed by atoms with E-state index in [1.165, 1.54) is 56.8 Å². The van der Waals surface area contributed by atoms with Gasteiger partial charge in [-0.15, -0.1) is 0 Å². The highest BCUT2D eigenvalue weighted by Crippen LogP contribution is 2.31. The van der Waals surface area contributed by atoms with Crippen LogP contribution in [0.3, 0.4) is 0 Å². The first-order valence-corrected chi connectivity index (χ1v) is 8.55. The van der Waals surface area contributed by atoms with E-state index in [0.29, 0.717) is 6.04 Å². The molecular formula is C18H29N3. The lowest BCUT2D eigenvalue weighted by Gasteiger charge is -2.37. The monoisotopic (exact) mass is 287 g/mol. The number of piperazine rings is 1. The minimum absolute atomic E-state index is 0.464. The molecule has 1 heterocycles. The molecule has 0 aromatic heterocycles. The standard InChI is InChI=1S/C18H29N3/c1-3-17(19-2)16-6-4-5-7-18(16)21-12-10-20(11-13-21)14-15-8-9-15/h4-7,15,17,19H,3,8-14H2,1-2H3. The molecule has 1 unspecified atom stereocenters. The molecule has 1 saturated carbocycles. The summed E-state index contributed by atoms with van der Waals surface area (Å²) >= 11 is 0. The molecule has 0 radical (unpaired) electrons. The van der Waals surface area contributed by atoms with Crippen LogP contribution in [0, 0.1) is 5.92 Å². The summed E-state index contributed by atoms with van der Waals surface area (Å²) in [5, 5.41) is 3.45. The van der Waals surface area contributed by atoms with Gasteiger partial charge >= 0.3 is 0 Å². The minimum Gasteiger partial charge on any atom is -0.369 e. The molecule has 21 heavy (non-hydrogen) atoms. The zero-order valence-electron chi connectivity index (χ0n) is 13.5. The van der Waals surface area contributed by atoms with Gasteiger partial charge in [0.25, 0.3) is 0 Å². The molecular weight excluding hydrogens is 258 g/mol. The molecule has 3 heteroatoms. The number of anilines is 1. The van der Waals surface area contributed by atoms with Crippen LogP contribution in [-0.4, -0.2) is 44.7 Å². The highest BCUT2D eigenvalue weighted by Gasteiger charge is 2.27. The van der Waals surface area contributed by atoms with Crippen molar-refractivity contribution >= 4 is 5.69 Å². The van der Waals surface area contributed by atoms with Crippen LogP contribution >= 0.6 is 0 Å². The Kier molecular flexibility index (Phi) is 4.81. The van der Waals surface area contributed by atoms with Crippen molar-refractivity contribution in [2.75, 3.05) is 44.7 Å². The number of rotatable bonds is 6. The molecule has 1 aromatic carbocycles. The first-order chi connectivity index (χ1) is 10.3. The van der Waals surface area contributed by atoms with Gasteiger partial charge in [0.2, 0.25) is 0 Å². The van der Waals surface area contributed by atoms with Crippen molar-refractivity contribution in [3.63, 3.8) is 0 Å². The highest BCUT2D eigenvalue weighted by atomic mass is 15.3. The molecule has 2 fully saturated rings. The molecule has 0 spiro atoms. The van der Waals surface area contributed by atoms with Crippen molar-refractivity contribution < 1.29 is 0 Å². The van der Waals surface area contributed by atoms with Gasteiger partial charge in [-0.1, -0.05) is 25.1 Å². The van der Waals surface area contributed by atoms with Gasteiger partial charge in [0.1, 0.15) is 0 Å². The fraction of sp³-hybridized carbons (Fsp3) is 0.667. The summed E-state index contributed by atoms with van der Waals surface area (Å²) in [6.45, 7) is 8.38. The molecule has 1 aromatic rings. The van der Waals surface area contributed by atoms with Crippen LogP contribution in [0.1, 0.15) is 37.8 Å². The minimum atomic E-state index is 0.464. The maximum Gasteiger partial charge on any atom is 0.0415 e. The van der Waals surface area contributed by atoms with E-state index in [-0.39, 0.29) is 0 Å². The van der Waals surface area contributed by atoms with E-state index in [4.69, 9.17) is 0 Å². The third-order valence-electron chi connectivity index (χ3n) is 5.00. The van der Waals surface area contributed by atoms with E-state index in [0.717, 1.165) is 12.3 Å². The van der Waals surface area contributed by atoms with Crippen molar-refractivity contribution in [1.29, 1.82) is 0 Å². The van der Waals surface area contributed by atoms with Crippen LogP contribution in [0.2, 0.25) is 0 Å². The van der Waals surface area contributed by atoms with Crippen LogP contribution in [0.4, 0.5) is 5.69 Å². The lowest BCUT2D eigenvalue weighted by atomic mass is 10.0. The topological polar surface area (TPSA) is 18.5 Å². The molecule has 1 aliphatic carbocycles. The molecule has 2 aliphatic rings. The molecule has 1 N–H and O–H groups in total. The number of nitrogens with zero attached hydrogens (tertiary/aromatic N) is 2. The van der Waals surface area contributed by atoms with Gasteiger partial charge in [0, 0.05) is 44.5 Å². The summed E-state index contributed by atoms with van der Waals surface area (Å²) in [5.41, 5.74) is 2.89. The maximum absolute atomic E-state index is 3.45. The Bertz CT molecular complexity index is 444. The number of para-hydroxylation sites is 1. The second kappa shape index (κ2) is 6.80. The number of benzene rings is 1. The van der Waals surface area contributed by atoms with Crippen molar-refractivity contribution in [3.8, 4) is 0 Å². The Labute approximate surface area is 129 Å². The quantitative estimate of drug-likeness (QED) is 0.868. The van der Waals surface area contributed by atoms with E-state index in [2.05, 4.69) is 53.4 Å². The van der Waals surface area contributed by atoms with Crippen molar-refractivity contribution in [2.45, 2.75) is 32.2 Å². The third-order valence-corrected chi connectivity index (χ3v) is 5.00. The molecule has 116 valence electrons. The van der Waals surface area contributed by atoms with E-state index < -0.39 is 0 Å². The Hall–Kier alpha value is -1.06. The predicted molar refractivity (Wildman–Crippen MR) is 89.9 cm³/mol. The van der Waals surface area contributed by atoms with Crippen LogP contribution in [0.5, 0.6) is 0 Å². The maximum atomic E-state index is 3.45. The van der Waals surface area contributed by atoms with Gasteiger partial charge in [-0.2, -0.15) is 0 Å². The van der Waals surface area contributed by atoms with Crippen LogP contribution in [0.15, 0.2) is 24.3 Å². The molecule has 0 amide bonds. The average Bonchev–Trinajstić information content (AvgIpc) is 3.34. The van der Waals surface area contributed by atoms with Gasteiger partial charge in [0.15, 0.2) is 0 Å². The Morgan fingerprint density at radius 1 is 1.14 bits per heavy atom. The fourth-order valence-corrected chi connectivity index (χ4v) is 3.49. The van der Waals surface area contributed by atoms with Crippen LogP contribution < -0.4 is 10.2 Å². The molecule has 3 nitrogen and oxygen atoms in total. The molecule has 1 saturated heterocycles. The molecule has 3 rings (SSSR count). The predicted octanol–water partition coefficient (Wildman–Crippen LogP) is 2.89. The lowest BCUT2D eigenvalue weighted by molar-refractivity contribution is 0.248. The molecule has 1 atom stereocenters. The molecule has 1 aliphatic heterocycles. The second-order valence-electron chi connectivity index (χ2n) is 6.54. The first-order valence-electron chi connectivity index (χ1n) is 8.55. The van der Waals surface area contributed by atoms with Gasteiger partial charge in [0.05, 0.1) is 0 Å². The fourth-order valence-electron chi connectivity index (χ4n) is 3.49. The van der Waals surface area contributed by atoms with Crippen molar-refractivity contribution in [1.82, 2.24) is 10.2 Å². The number of hydrogen-bond donors (Lipinski definition) is 1. The molecule has 0 bridgehead atoms. The summed E-state index contributed by atoms with van der Waals surface area (Å²) in [5.74, 6) is 1.01. The van der Waals surface area contributed by atoms with Gasteiger partial charge in [-0.05, 0) is 43.9 Å². The Balaban J connectivity index is 1.66. The number of nitrogens with one attached hydrogen (secondary N) is 1.